The Morgan fingerprint density at radius 2 is 2.11 bits per heavy atom. The molecule has 0 radical (unpaired) electrons. The van der Waals surface area contributed by atoms with Crippen molar-refractivity contribution in [3.05, 3.63) is 33.3 Å². The summed E-state index contributed by atoms with van der Waals surface area (Å²) >= 11 is 5.72. The molecule has 5 nitrogen and oxygen atoms in total. The van der Waals surface area contributed by atoms with Gasteiger partial charge < -0.3 is 10.1 Å². The summed E-state index contributed by atoms with van der Waals surface area (Å²) < 4.78 is 5.43. The second-order valence-electron chi connectivity index (χ2n) is 5.25. The van der Waals surface area contributed by atoms with Crippen LogP contribution in [0.2, 0.25) is 5.02 Å². The number of halogens is 1. The highest BCUT2D eigenvalue weighted by molar-refractivity contribution is 6.30. The van der Waals surface area contributed by atoms with Gasteiger partial charge in [0.1, 0.15) is 0 Å². The molecule has 0 aliphatic carbocycles. The van der Waals surface area contributed by atoms with E-state index in [4.69, 9.17) is 16.3 Å². The van der Waals surface area contributed by atoms with E-state index in [1.807, 2.05) is 0 Å². The normalized spacial score (nSPS) is 11.4. The Morgan fingerprint density at radius 3 is 2.68 bits per heavy atom. The first-order valence-corrected chi connectivity index (χ1v) is 6.49. The summed E-state index contributed by atoms with van der Waals surface area (Å²) in [6, 6.07) is 4.40. The molecule has 0 fully saturated rings. The Bertz CT molecular complexity index is 444. The van der Waals surface area contributed by atoms with E-state index in [0.717, 1.165) is 13.0 Å². The second kappa shape index (κ2) is 6.73. The van der Waals surface area contributed by atoms with E-state index in [1.54, 1.807) is 6.07 Å². The van der Waals surface area contributed by atoms with Crippen molar-refractivity contribution in [3.63, 3.8) is 0 Å². The lowest BCUT2D eigenvalue weighted by Gasteiger charge is -2.20. The van der Waals surface area contributed by atoms with Crippen molar-refractivity contribution in [3.8, 4) is 5.75 Å². The van der Waals surface area contributed by atoms with Crippen molar-refractivity contribution in [2.24, 2.45) is 0 Å². The van der Waals surface area contributed by atoms with E-state index in [9.17, 15) is 10.1 Å². The molecule has 1 aromatic rings. The molecule has 0 aliphatic rings. The Hall–Kier alpha value is -1.33. The van der Waals surface area contributed by atoms with Gasteiger partial charge in [0, 0.05) is 16.6 Å². The quantitative estimate of drug-likeness (QED) is 0.494. The molecule has 0 saturated carbocycles. The van der Waals surface area contributed by atoms with Gasteiger partial charge in [0.05, 0.1) is 11.5 Å². The summed E-state index contributed by atoms with van der Waals surface area (Å²) in [5, 5.41) is 14.5. The number of ether oxygens (including phenoxy) is 1. The minimum Gasteiger partial charge on any atom is -0.487 e. The van der Waals surface area contributed by atoms with E-state index in [1.165, 1.54) is 12.1 Å². The lowest BCUT2D eigenvalue weighted by atomic mass is 10.1. The van der Waals surface area contributed by atoms with Gasteiger partial charge in [-0.25, -0.2) is 0 Å². The highest BCUT2D eigenvalue weighted by Gasteiger charge is 2.15. The van der Waals surface area contributed by atoms with Crippen molar-refractivity contribution in [1.82, 2.24) is 5.32 Å². The molecule has 0 aromatic heterocycles. The van der Waals surface area contributed by atoms with Crippen LogP contribution in [0.15, 0.2) is 18.2 Å². The van der Waals surface area contributed by atoms with Crippen LogP contribution in [0.25, 0.3) is 0 Å². The highest BCUT2D eigenvalue weighted by Crippen LogP contribution is 2.29. The maximum Gasteiger partial charge on any atom is 0.312 e. The van der Waals surface area contributed by atoms with Crippen LogP contribution in [0.4, 0.5) is 5.69 Å². The first-order valence-electron chi connectivity index (χ1n) is 6.11. The monoisotopic (exact) mass is 286 g/mol. The lowest BCUT2D eigenvalue weighted by molar-refractivity contribution is -0.385. The van der Waals surface area contributed by atoms with Gasteiger partial charge in [0.25, 0.3) is 0 Å². The van der Waals surface area contributed by atoms with Gasteiger partial charge in [-0.15, -0.1) is 0 Å². The van der Waals surface area contributed by atoms with Crippen molar-refractivity contribution in [2.45, 2.75) is 32.7 Å². The molecule has 0 saturated heterocycles. The van der Waals surface area contributed by atoms with Crippen LogP contribution < -0.4 is 10.1 Å². The summed E-state index contributed by atoms with van der Waals surface area (Å²) in [5.41, 5.74) is -0.0389. The number of nitrogens with one attached hydrogen (secondary N) is 1. The molecule has 0 aliphatic heterocycles. The molecule has 0 bridgehead atoms. The molecule has 19 heavy (non-hydrogen) atoms. The van der Waals surface area contributed by atoms with Crippen LogP contribution in [0.5, 0.6) is 5.75 Å². The Kier molecular flexibility index (Phi) is 5.57. The maximum atomic E-state index is 10.8. The summed E-state index contributed by atoms with van der Waals surface area (Å²) in [6.45, 7) is 7.46. The zero-order valence-electron chi connectivity index (χ0n) is 11.4. The molecule has 6 heteroatoms. The fourth-order valence-electron chi connectivity index (χ4n) is 1.47. The largest absolute Gasteiger partial charge is 0.487 e. The van der Waals surface area contributed by atoms with Crippen LogP contribution in [0, 0.1) is 10.1 Å². The van der Waals surface area contributed by atoms with Gasteiger partial charge in [0.15, 0.2) is 5.75 Å². The molecule has 1 rings (SSSR count). The summed E-state index contributed by atoms with van der Waals surface area (Å²) in [7, 11) is 0. The molecule has 1 N–H and O–H groups in total. The lowest BCUT2D eigenvalue weighted by Crippen LogP contribution is -2.36. The van der Waals surface area contributed by atoms with E-state index >= 15 is 0 Å². The minimum absolute atomic E-state index is 0.0618. The molecule has 0 spiro atoms. The fraction of sp³-hybridized carbons (Fsp3) is 0.538. The highest BCUT2D eigenvalue weighted by atomic mass is 35.5. The number of nitro groups is 1. The number of nitrogens with zero attached hydrogens (tertiary/aromatic N) is 1. The number of hydrogen-bond acceptors (Lipinski definition) is 4. The van der Waals surface area contributed by atoms with Crippen molar-refractivity contribution >= 4 is 17.3 Å². The Balaban J connectivity index is 2.47. The molecule has 0 amide bonds. The van der Waals surface area contributed by atoms with E-state index < -0.39 is 4.92 Å². The molecule has 0 atom stereocenters. The Labute approximate surface area is 118 Å². The van der Waals surface area contributed by atoms with Gasteiger partial charge in [0.2, 0.25) is 0 Å². The second-order valence-corrected chi connectivity index (χ2v) is 5.68. The standard InChI is InChI=1S/C13H19ClN2O3/c1-13(2,3)15-7-4-8-19-12-6-5-10(14)9-11(12)16(17)18/h5-6,9,15H,4,7-8H2,1-3H3. The topological polar surface area (TPSA) is 64.4 Å². The SMILES string of the molecule is CC(C)(C)NCCCOc1ccc(Cl)cc1[N+](=O)[O-]. The van der Waals surface area contributed by atoms with Crippen LogP contribution in [-0.2, 0) is 0 Å². The van der Waals surface area contributed by atoms with E-state index in [0.29, 0.717) is 11.6 Å². The van der Waals surface area contributed by atoms with Gasteiger partial charge in [-0.3, -0.25) is 10.1 Å². The smallest absolute Gasteiger partial charge is 0.312 e. The zero-order chi connectivity index (χ0) is 14.5. The van der Waals surface area contributed by atoms with Gasteiger partial charge >= 0.3 is 5.69 Å². The third-order valence-electron chi connectivity index (χ3n) is 2.35. The first kappa shape index (κ1) is 15.7. The number of benzene rings is 1. The average molecular weight is 287 g/mol. The third-order valence-corrected chi connectivity index (χ3v) is 2.59. The molecule has 0 heterocycles. The van der Waals surface area contributed by atoms with Crippen molar-refractivity contribution in [1.29, 1.82) is 0 Å². The molecular formula is C13H19ClN2O3. The van der Waals surface area contributed by atoms with Crippen LogP contribution in [0.1, 0.15) is 27.2 Å². The fourth-order valence-corrected chi connectivity index (χ4v) is 1.64. The van der Waals surface area contributed by atoms with Crippen LogP contribution in [0.3, 0.4) is 0 Å². The first-order chi connectivity index (χ1) is 8.79. The van der Waals surface area contributed by atoms with Gasteiger partial charge in [-0.05, 0) is 45.9 Å². The van der Waals surface area contributed by atoms with Crippen molar-refractivity contribution in [2.75, 3.05) is 13.2 Å². The molecule has 1 aromatic carbocycles. The third kappa shape index (κ3) is 5.89. The summed E-state index contributed by atoms with van der Waals surface area (Å²) in [4.78, 5) is 10.4. The van der Waals surface area contributed by atoms with Gasteiger partial charge in [-0.2, -0.15) is 0 Å². The van der Waals surface area contributed by atoms with Crippen LogP contribution in [-0.4, -0.2) is 23.6 Å². The molecular weight excluding hydrogens is 268 g/mol. The number of rotatable bonds is 6. The predicted molar refractivity (Wildman–Crippen MR) is 76.0 cm³/mol. The average Bonchev–Trinajstić information content (AvgIpc) is 2.28. The van der Waals surface area contributed by atoms with Crippen molar-refractivity contribution < 1.29 is 9.66 Å². The minimum atomic E-state index is -0.491. The van der Waals surface area contributed by atoms with E-state index in [-0.39, 0.29) is 17.0 Å². The number of nitro benzene ring substituents is 1. The maximum absolute atomic E-state index is 10.8. The zero-order valence-corrected chi connectivity index (χ0v) is 12.2. The van der Waals surface area contributed by atoms with E-state index in [2.05, 4.69) is 26.1 Å². The summed E-state index contributed by atoms with van der Waals surface area (Å²) in [6.07, 6.45) is 0.775. The van der Waals surface area contributed by atoms with Gasteiger partial charge in [-0.1, -0.05) is 11.6 Å². The number of hydrogen-bond donors (Lipinski definition) is 1. The predicted octanol–water partition coefficient (Wildman–Crippen LogP) is 3.41. The molecule has 106 valence electrons. The molecule has 0 unspecified atom stereocenters. The summed E-state index contributed by atoms with van der Waals surface area (Å²) in [5.74, 6) is 0.255. The Morgan fingerprint density at radius 1 is 1.42 bits per heavy atom. The van der Waals surface area contributed by atoms with Crippen LogP contribution >= 0.6 is 11.6 Å².